The summed E-state index contributed by atoms with van der Waals surface area (Å²) in [6.07, 6.45) is -5.19. The normalized spacial score (nSPS) is 13.2. The van der Waals surface area contributed by atoms with E-state index in [1.807, 2.05) is 0 Å². The maximum Gasteiger partial charge on any atom is 0.451 e. The fourth-order valence-corrected chi connectivity index (χ4v) is 1.91. The Labute approximate surface area is 98.2 Å². The van der Waals surface area contributed by atoms with Gasteiger partial charge < -0.3 is 0 Å². The van der Waals surface area contributed by atoms with E-state index in [0.717, 1.165) is 18.3 Å². The zero-order valence-electron chi connectivity index (χ0n) is 8.58. The third kappa shape index (κ3) is 3.00. The molecule has 1 atom stereocenters. The van der Waals surface area contributed by atoms with E-state index < -0.39 is 29.4 Å². The van der Waals surface area contributed by atoms with Crippen LogP contribution in [0.1, 0.15) is 16.6 Å². The van der Waals surface area contributed by atoms with Gasteiger partial charge in [-0.15, -0.1) is 11.3 Å². The van der Waals surface area contributed by atoms with Crippen molar-refractivity contribution in [1.29, 1.82) is 0 Å². The highest BCUT2D eigenvalue weighted by Crippen LogP contribution is 2.25. The molecule has 0 aliphatic heterocycles. The van der Waals surface area contributed by atoms with Gasteiger partial charge in [-0.1, -0.05) is 6.07 Å². The lowest BCUT2D eigenvalue weighted by molar-refractivity contribution is -0.174. The van der Waals surface area contributed by atoms with Crippen LogP contribution >= 0.6 is 11.3 Å². The minimum Gasteiger partial charge on any atom is -0.299 e. The van der Waals surface area contributed by atoms with Gasteiger partial charge in [-0.05, 0) is 18.4 Å². The topological polar surface area (TPSA) is 51.2 Å². The van der Waals surface area contributed by atoms with Crippen molar-refractivity contribution in [1.82, 2.24) is 0 Å². The lowest BCUT2D eigenvalue weighted by Gasteiger charge is -2.12. The summed E-state index contributed by atoms with van der Waals surface area (Å²) < 4.78 is 36.6. The number of halogens is 3. The van der Waals surface area contributed by atoms with Crippen LogP contribution in [0.2, 0.25) is 0 Å². The molecule has 0 bridgehead atoms. The van der Waals surface area contributed by atoms with Gasteiger partial charge >= 0.3 is 6.18 Å². The fourth-order valence-electron chi connectivity index (χ4n) is 1.21. The zero-order valence-corrected chi connectivity index (χ0v) is 9.39. The smallest absolute Gasteiger partial charge is 0.299 e. The Morgan fingerprint density at radius 1 is 1.29 bits per heavy atom. The molecule has 7 heteroatoms. The van der Waals surface area contributed by atoms with Crippen molar-refractivity contribution in [3.8, 4) is 0 Å². The molecule has 1 heterocycles. The molecule has 1 aromatic rings. The van der Waals surface area contributed by atoms with E-state index in [0.29, 0.717) is 0 Å². The van der Waals surface area contributed by atoms with E-state index >= 15 is 0 Å². The average Bonchev–Trinajstić information content (AvgIpc) is 2.68. The van der Waals surface area contributed by atoms with Crippen LogP contribution in [0, 0.1) is 5.92 Å². The molecule has 0 radical (unpaired) electrons. The second-order valence-electron chi connectivity index (χ2n) is 3.25. The molecule has 92 valence electrons. The van der Waals surface area contributed by atoms with E-state index in [1.54, 1.807) is 0 Å². The quantitative estimate of drug-likeness (QED) is 0.619. The third-order valence-corrected chi connectivity index (χ3v) is 2.86. The molecule has 0 amide bonds. The maximum atomic E-state index is 12.2. The lowest BCUT2D eigenvalue weighted by atomic mass is 9.93. The van der Waals surface area contributed by atoms with Gasteiger partial charge in [0.2, 0.25) is 0 Å². The molecule has 0 saturated carbocycles. The fraction of sp³-hybridized carbons (Fsp3) is 0.300. The van der Waals surface area contributed by atoms with Crippen LogP contribution in [-0.4, -0.2) is 23.5 Å². The van der Waals surface area contributed by atoms with Crippen LogP contribution in [0.3, 0.4) is 0 Å². The Bertz CT molecular complexity index is 448. The Balaban J connectivity index is 3.08. The summed E-state index contributed by atoms with van der Waals surface area (Å²) in [6, 6.07) is 2.72. The van der Waals surface area contributed by atoms with Crippen LogP contribution in [0.15, 0.2) is 17.5 Å². The van der Waals surface area contributed by atoms with Crippen LogP contribution in [0.5, 0.6) is 0 Å². The Hall–Kier alpha value is -1.50. The summed E-state index contributed by atoms with van der Waals surface area (Å²) in [5, 5.41) is 1.47. The summed E-state index contributed by atoms with van der Waals surface area (Å²) >= 11 is 0.883. The first-order chi connectivity index (χ1) is 7.75. The SMILES string of the molecule is CC(=O)C(C(=O)c1cccs1)C(=O)C(F)(F)F. The van der Waals surface area contributed by atoms with Gasteiger partial charge in [0.05, 0.1) is 4.88 Å². The molecular weight excluding hydrogens is 257 g/mol. The Kier molecular flexibility index (Phi) is 3.82. The number of alkyl halides is 3. The number of hydrogen-bond donors (Lipinski definition) is 0. The second-order valence-corrected chi connectivity index (χ2v) is 4.19. The monoisotopic (exact) mass is 264 g/mol. The molecule has 1 rings (SSSR count). The summed E-state index contributed by atoms with van der Waals surface area (Å²) in [4.78, 5) is 33.6. The first kappa shape index (κ1) is 13.6. The first-order valence-corrected chi connectivity index (χ1v) is 5.32. The molecule has 3 nitrogen and oxygen atoms in total. The molecule has 0 saturated heterocycles. The van der Waals surface area contributed by atoms with Gasteiger partial charge in [-0.25, -0.2) is 0 Å². The maximum absolute atomic E-state index is 12.2. The standard InChI is InChI=1S/C10H7F3O3S/c1-5(14)7(9(16)10(11,12)13)8(15)6-3-2-4-17-6/h2-4,7H,1H3. The minimum absolute atomic E-state index is 0.0391. The van der Waals surface area contributed by atoms with E-state index in [-0.39, 0.29) is 4.88 Å². The molecule has 0 aliphatic carbocycles. The molecule has 1 aromatic heterocycles. The average molecular weight is 264 g/mol. The number of hydrogen-bond acceptors (Lipinski definition) is 4. The van der Waals surface area contributed by atoms with Crippen molar-refractivity contribution in [2.24, 2.45) is 5.92 Å². The van der Waals surface area contributed by atoms with Crippen molar-refractivity contribution in [2.75, 3.05) is 0 Å². The molecule has 0 aliphatic rings. The predicted octanol–water partition coefficient (Wildman–Crippen LogP) is 2.27. The lowest BCUT2D eigenvalue weighted by Crippen LogP contribution is -2.39. The van der Waals surface area contributed by atoms with Gasteiger partial charge in [0.15, 0.2) is 5.78 Å². The van der Waals surface area contributed by atoms with Crippen molar-refractivity contribution in [2.45, 2.75) is 13.1 Å². The van der Waals surface area contributed by atoms with Crippen LogP contribution in [-0.2, 0) is 9.59 Å². The van der Waals surface area contributed by atoms with Gasteiger partial charge in [0.1, 0.15) is 11.7 Å². The summed E-state index contributed by atoms with van der Waals surface area (Å²) in [5.41, 5.74) is 0. The van der Waals surface area contributed by atoms with Crippen molar-refractivity contribution in [3.05, 3.63) is 22.4 Å². The number of carbonyl (C=O) groups excluding carboxylic acids is 3. The molecule has 0 aromatic carbocycles. The molecule has 1 unspecified atom stereocenters. The first-order valence-electron chi connectivity index (χ1n) is 4.44. The highest BCUT2D eigenvalue weighted by Gasteiger charge is 2.48. The molecule has 17 heavy (non-hydrogen) atoms. The van der Waals surface area contributed by atoms with Gasteiger partial charge in [-0.2, -0.15) is 13.2 Å². The minimum atomic E-state index is -5.19. The molecule has 0 N–H and O–H groups in total. The predicted molar refractivity (Wildman–Crippen MR) is 53.9 cm³/mol. The Morgan fingerprint density at radius 3 is 2.24 bits per heavy atom. The number of carbonyl (C=O) groups is 3. The van der Waals surface area contributed by atoms with Crippen LogP contribution < -0.4 is 0 Å². The molecule has 0 spiro atoms. The molecular formula is C10H7F3O3S. The van der Waals surface area contributed by atoms with E-state index in [4.69, 9.17) is 0 Å². The van der Waals surface area contributed by atoms with Crippen LogP contribution in [0.4, 0.5) is 13.2 Å². The summed E-state index contributed by atoms with van der Waals surface area (Å²) in [5.74, 6) is -6.81. The van der Waals surface area contributed by atoms with Gasteiger partial charge in [0.25, 0.3) is 5.78 Å². The summed E-state index contributed by atoms with van der Waals surface area (Å²) in [7, 11) is 0. The summed E-state index contributed by atoms with van der Waals surface area (Å²) in [6.45, 7) is 0.791. The number of rotatable bonds is 4. The number of Topliss-reactive ketones (excluding diaryl/α,β-unsaturated/α-hetero) is 3. The van der Waals surface area contributed by atoms with Crippen molar-refractivity contribution >= 4 is 28.7 Å². The van der Waals surface area contributed by atoms with Crippen molar-refractivity contribution in [3.63, 3.8) is 0 Å². The largest absolute Gasteiger partial charge is 0.451 e. The Morgan fingerprint density at radius 2 is 1.88 bits per heavy atom. The highest BCUT2D eigenvalue weighted by molar-refractivity contribution is 7.12. The number of ketones is 3. The number of thiophene rings is 1. The van der Waals surface area contributed by atoms with Gasteiger partial charge in [0, 0.05) is 0 Å². The van der Waals surface area contributed by atoms with Crippen LogP contribution in [0.25, 0.3) is 0 Å². The van der Waals surface area contributed by atoms with Gasteiger partial charge in [-0.3, -0.25) is 14.4 Å². The van der Waals surface area contributed by atoms with Crippen molar-refractivity contribution < 1.29 is 27.6 Å². The zero-order chi connectivity index (χ0) is 13.2. The highest BCUT2D eigenvalue weighted by atomic mass is 32.1. The van der Waals surface area contributed by atoms with E-state index in [9.17, 15) is 27.6 Å². The molecule has 0 fully saturated rings. The van der Waals surface area contributed by atoms with E-state index in [1.165, 1.54) is 17.5 Å². The second kappa shape index (κ2) is 4.79. The third-order valence-electron chi connectivity index (χ3n) is 1.97. The van der Waals surface area contributed by atoms with E-state index in [2.05, 4.69) is 0 Å².